The molecule has 456 valence electrons. The first-order valence-corrected chi connectivity index (χ1v) is 33.4. The Morgan fingerprint density at radius 1 is 0.400 bits per heavy atom. The van der Waals surface area contributed by atoms with Gasteiger partial charge in [0.15, 0.2) is 0 Å². The highest BCUT2D eigenvalue weighted by molar-refractivity contribution is 6.78. The lowest BCUT2D eigenvalue weighted by molar-refractivity contribution is -0.658. The first-order valence-electron chi connectivity index (χ1n) is 34.9. The number of fused-ring (bicyclic) bond motifs is 4. The molecule has 0 spiro atoms. The zero-order valence-electron chi connectivity index (χ0n) is 59.1. The third-order valence-corrected chi connectivity index (χ3v) is 19.9. The molecule has 8 heterocycles. The molecule has 0 unspecified atom stereocenters. The molecular formula is C78H96B4N8+4. The number of nitrogens with zero attached hydrogens (tertiary/aromatic N) is 8. The van der Waals surface area contributed by atoms with Gasteiger partial charge in [-0.1, -0.05) is 166 Å². The van der Waals surface area contributed by atoms with Crippen LogP contribution in [0.4, 0.5) is 23.3 Å². The highest BCUT2D eigenvalue weighted by Crippen LogP contribution is 2.35. The van der Waals surface area contributed by atoms with Gasteiger partial charge in [-0.3, -0.25) is 19.2 Å². The average Bonchev–Trinajstić information content (AvgIpc) is 0.988. The van der Waals surface area contributed by atoms with Gasteiger partial charge in [-0.15, -0.1) is 0 Å². The number of anilines is 4. The van der Waals surface area contributed by atoms with Gasteiger partial charge < -0.3 is 0 Å². The molecule has 0 saturated heterocycles. The Hall–Kier alpha value is -8.10. The lowest BCUT2D eigenvalue weighted by atomic mass is 9.60. The molecule has 6 aliphatic rings. The van der Waals surface area contributed by atoms with Crippen molar-refractivity contribution in [3.05, 3.63) is 234 Å². The van der Waals surface area contributed by atoms with Crippen LogP contribution in [0.5, 0.6) is 0 Å². The molecule has 4 aromatic heterocycles. The van der Waals surface area contributed by atoms with E-state index in [9.17, 15) is 0 Å². The molecule has 12 heteroatoms. The second-order valence-corrected chi connectivity index (χ2v) is 26.5. The molecule has 0 radical (unpaired) electrons. The molecule has 4 aromatic carbocycles. The number of pyridine rings is 4. The maximum absolute atomic E-state index is 7.56. The van der Waals surface area contributed by atoms with Crippen LogP contribution in [0.1, 0.15) is 118 Å². The summed E-state index contributed by atoms with van der Waals surface area (Å²) in [6.07, 6.45) is 22.1. The predicted octanol–water partition coefficient (Wildman–Crippen LogP) is 8.80. The molecule has 14 rings (SSSR count). The summed E-state index contributed by atoms with van der Waals surface area (Å²) in [5.41, 5.74) is 9.83. The molecule has 0 N–H and O–H groups in total. The van der Waals surface area contributed by atoms with E-state index < -0.39 is 6.85 Å². The van der Waals surface area contributed by atoms with Crippen molar-refractivity contribution in [2.45, 2.75) is 139 Å². The number of hydrogen-bond acceptors (Lipinski definition) is 4. The second-order valence-electron chi connectivity index (χ2n) is 26.5. The number of aryl methyl sites for hydroxylation is 6. The predicted molar refractivity (Wildman–Crippen MR) is 385 cm³/mol. The monoisotopic (exact) mass is 1190 g/mol. The molecule has 2 aliphatic carbocycles. The van der Waals surface area contributed by atoms with Crippen molar-refractivity contribution >= 4 is 97.4 Å². The Balaban J connectivity index is 0.000000127. The Morgan fingerprint density at radius 2 is 0.789 bits per heavy atom. The van der Waals surface area contributed by atoms with E-state index in [1.165, 1.54) is 163 Å². The summed E-state index contributed by atoms with van der Waals surface area (Å²) in [6.45, 7) is 19.2. The third-order valence-electron chi connectivity index (χ3n) is 19.9. The molecule has 0 atom stereocenters. The summed E-state index contributed by atoms with van der Waals surface area (Å²) in [7, 11) is 8.33. The fraction of sp³-hybridized carbons (Fsp3) is 0.333. The second kappa shape index (κ2) is 28.0. The minimum absolute atomic E-state index is 0.203. The molecule has 2 saturated carbocycles. The lowest BCUT2D eigenvalue weighted by Gasteiger charge is -2.26. The van der Waals surface area contributed by atoms with E-state index in [0.29, 0.717) is 26.1 Å². The van der Waals surface area contributed by atoms with Crippen LogP contribution in [0.15, 0.2) is 170 Å². The minimum atomic E-state index is -2.08. The summed E-state index contributed by atoms with van der Waals surface area (Å²) in [6, 6.07) is 51.9. The Morgan fingerprint density at radius 3 is 1.23 bits per heavy atom. The largest absolute Gasteiger partial charge is 0.402 e. The Labute approximate surface area is 543 Å². The normalized spacial score (nSPS) is 16.8. The van der Waals surface area contributed by atoms with Gasteiger partial charge in [0.25, 0.3) is 23.3 Å². The fourth-order valence-electron chi connectivity index (χ4n) is 15.3. The first kappa shape index (κ1) is 59.5. The maximum atomic E-state index is 7.56. The first-order chi connectivity index (χ1) is 44.6. The molecule has 4 aliphatic heterocycles. The number of benzene rings is 4. The summed E-state index contributed by atoms with van der Waals surface area (Å²) in [5, 5.41) is 10.5. The topological polar surface area (TPSA) is 28.5 Å². The number of aromatic nitrogens is 4. The van der Waals surface area contributed by atoms with E-state index in [4.69, 9.17) is 4.11 Å². The van der Waals surface area contributed by atoms with Crippen molar-refractivity contribution in [1.82, 2.24) is 0 Å². The van der Waals surface area contributed by atoms with E-state index in [2.05, 4.69) is 286 Å². The molecule has 8 aromatic rings. The SMILES string of the molecule is CB1C=c2ccccc2=C(C)N1c1cc(C)cc[n+]1C.CB1C=c2ccccc2=C(C)N1c1cc(C2CCCC2)cc[n+]1C.CB1C=c2ccccc2=C(C)N1c1cc(CC2CCCCC2)cc[n+]1C.[2H]C([2H])([2H])c1ccc(N2B(C)C=c3ccccc3=C2C)[n+](C)c1. The van der Waals surface area contributed by atoms with E-state index in [-0.39, 0.29) is 6.85 Å². The van der Waals surface area contributed by atoms with Gasteiger partial charge in [-0.2, -0.15) is 0 Å². The van der Waals surface area contributed by atoms with Crippen molar-refractivity contribution in [2.75, 3.05) is 19.2 Å². The fourth-order valence-corrected chi connectivity index (χ4v) is 15.3. The summed E-state index contributed by atoms with van der Waals surface area (Å²) < 4.78 is 31.3. The Kier molecular flexibility index (Phi) is 18.5. The molecule has 8 nitrogen and oxygen atoms in total. The van der Waals surface area contributed by atoms with Crippen LogP contribution in [0.3, 0.4) is 0 Å². The third kappa shape index (κ3) is 13.6. The van der Waals surface area contributed by atoms with Gasteiger partial charge in [0.1, 0.15) is 0 Å². The lowest BCUT2D eigenvalue weighted by Crippen LogP contribution is -2.50. The smallest absolute Gasteiger partial charge is 0.291 e. The van der Waals surface area contributed by atoms with Crippen LogP contribution in [0, 0.1) is 19.7 Å². The van der Waals surface area contributed by atoms with E-state index >= 15 is 0 Å². The van der Waals surface area contributed by atoms with Crippen LogP contribution in [0.25, 0.3) is 46.7 Å². The number of hydrogen-bond donors (Lipinski definition) is 0. The van der Waals surface area contributed by atoms with Crippen molar-refractivity contribution in [3.63, 3.8) is 0 Å². The van der Waals surface area contributed by atoms with Gasteiger partial charge in [-0.05, 0) is 167 Å². The van der Waals surface area contributed by atoms with Gasteiger partial charge in [0, 0.05) is 49.3 Å². The van der Waals surface area contributed by atoms with Gasteiger partial charge in [0.2, 0.25) is 0 Å². The van der Waals surface area contributed by atoms with Gasteiger partial charge in [0.05, 0.1) is 75.8 Å². The molecular weight excluding hydrogens is 1090 g/mol. The molecule has 90 heavy (non-hydrogen) atoms. The van der Waals surface area contributed by atoms with Gasteiger partial charge in [-0.25, -0.2) is 18.3 Å². The Bertz CT molecular complexity index is 4620. The van der Waals surface area contributed by atoms with Gasteiger partial charge >= 0.3 is 27.4 Å². The van der Waals surface area contributed by atoms with Crippen LogP contribution in [-0.2, 0) is 34.6 Å². The summed E-state index contributed by atoms with van der Waals surface area (Å²) >= 11 is 0. The highest BCUT2D eigenvalue weighted by atomic mass is 15.2. The van der Waals surface area contributed by atoms with Crippen molar-refractivity contribution in [3.8, 4) is 0 Å². The van der Waals surface area contributed by atoms with Crippen molar-refractivity contribution in [2.24, 2.45) is 34.1 Å². The minimum Gasteiger partial charge on any atom is -0.291 e. The molecule has 2 fully saturated rings. The summed E-state index contributed by atoms with van der Waals surface area (Å²) in [4.78, 5) is 9.63. The zero-order valence-corrected chi connectivity index (χ0v) is 56.1. The van der Waals surface area contributed by atoms with E-state index in [1.807, 2.05) is 23.7 Å². The summed E-state index contributed by atoms with van der Waals surface area (Å²) in [5.74, 6) is 15.8. The molecule has 0 amide bonds. The van der Waals surface area contributed by atoms with Crippen LogP contribution in [-0.4, -0.2) is 27.4 Å². The number of rotatable bonds is 7. The highest BCUT2D eigenvalue weighted by Gasteiger charge is 2.36. The van der Waals surface area contributed by atoms with E-state index in [1.54, 1.807) is 12.3 Å². The average molecular weight is 1190 g/mol. The quantitative estimate of drug-likeness (QED) is 0.118. The standard InChI is InChI=1S/C23H30BN2.C21H26BN2.2C17H20BN2/c1-18-22-12-8-7-11-21(22)17-24(2)26(18)23-16-20(13-14-25(23)3)15-19-9-5-4-6-10-19;1-16-20-11-7-6-10-19(20)15-22(2)24(16)21-14-18(12-13-23(21)3)17-8-4-5-9-17;1-13-9-10-17(19(4)12-13)20-14(2)16-8-6-5-7-15(16)11-18(20)3;1-13-9-10-19(4)17(11-13)20-14(2)16-8-6-5-7-15(16)12-18(20)3/h7-8,11-14,16-17,19H,4-6,9-10,15H2,1-3H3;6-7,10-15,17H,4-5,8-9H2,1-3H3;2*5-12H,1-4H3/q4*+1/i;;1D3;. The zero-order chi connectivity index (χ0) is 65.8. The van der Waals surface area contributed by atoms with Crippen molar-refractivity contribution < 1.29 is 22.4 Å². The van der Waals surface area contributed by atoms with Crippen LogP contribution >= 0.6 is 0 Å². The van der Waals surface area contributed by atoms with Crippen molar-refractivity contribution in [1.29, 1.82) is 0 Å². The maximum Gasteiger partial charge on any atom is 0.402 e. The molecule has 0 bridgehead atoms. The van der Waals surface area contributed by atoms with Crippen LogP contribution < -0.4 is 79.3 Å². The van der Waals surface area contributed by atoms with E-state index in [0.717, 1.165) is 17.7 Å². The van der Waals surface area contributed by atoms with Crippen LogP contribution in [0.2, 0.25) is 27.3 Å².